The summed E-state index contributed by atoms with van der Waals surface area (Å²) in [6, 6.07) is 0. The van der Waals surface area contributed by atoms with E-state index in [2.05, 4.69) is 20.8 Å². The Morgan fingerprint density at radius 3 is 2.75 bits per heavy atom. The van der Waals surface area contributed by atoms with Gasteiger partial charge in [-0.05, 0) is 40.0 Å². The summed E-state index contributed by atoms with van der Waals surface area (Å²) in [6.45, 7) is 7.03. The van der Waals surface area contributed by atoms with Crippen molar-refractivity contribution in [3.8, 4) is 0 Å². The Bertz CT molecular complexity index is 123. The normalized spacial score (nSPS) is 31.0. The highest BCUT2D eigenvalue weighted by molar-refractivity contribution is 4.67. The van der Waals surface area contributed by atoms with E-state index in [0.717, 1.165) is 13.0 Å². The monoisotopic (exact) mass is 172 g/mol. The molecule has 0 spiro atoms. The Morgan fingerprint density at radius 2 is 2.17 bits per heavy atom. The van der Waals surface area contributed by atoms with Crippen molar-refractivity contribution in [2.24, 2.45) is 0 Å². The molecule has 0 aromatic rings. The van der Waals surface area contributed by atoms with E-state index in [1.165, 1.54) is 12.8 Å². The van der Waals surface area contributed by atoms with Gasteiger partial charge in [-0.3, -0.25) is 0 Å². The molecule has 12 heavy (non-hydrogen) atoms. The number of ether oxygens (including phenoxy) is 2. The van der Waals surface area contributed by atoms with Crippen molar-refractivity contribution in [1.82, 2.24) is 0 Å². The minimum Gasteiger partial charge on any atom is -0.376 e. The maximum atomic E-state index is 5.71. The second kappa shape index (κ2) is 4.83. The van der Waals surface area contributed by atoms with Gasteiger partial charge in [0.05, 0.1) is 24.9 Å². The molecule has 0 N–H and O–H groups in total. The van der Waals surface area contributed by atoms with Crippen LogP contribution >= 0.6 is 0 Å². The highest BCUT2D eigenvalue weighted by Gasteiger charge is 2.19. The van der Waals surface area contributed by atoms with Crippen molar-refractivity contribution < 1.29 is 9.47 Å². The topological polar surface area (TPSA) is 18.5 Å². The fraction of sp³-hybridized carbons (Fsp3) is 1.00. The summed E-state index contributed by atoms with van der Waals surface area (Å²) < 4.78 is 11.2. The van der Waals surface area contributed by atoms with E-state index in [1.807, 2.05) is 0 Å². The Morgan fingerprint density at radius 1 is 1.42 bits per heavy atom. The van der Waals surface area contributed by atoms with Crippen LogP contribution < -0.4 is 0 Å². The lowest BCUT2D eigenvalue weighted by Gasteiger charge is -2.28. The van der Waals surface area contributed by atoms with Crippen molar-refractivity contribution in [3.05, 3.63) is 0 Å². The molecule has 1 aliphatic rings. The first-order valence-electron chi connectivity index (χ1n) is 4.95. The van der Waals surface area contributed by atoms with Crippen LogP contribution in [-0.4, -0.2) is 24.9 Å². The Hall–Kier alpha value is -0.0800. The summed E-state index contributed by atoms with van der Waals surface area (Å²) in [7, 11) is 0. The first kappa shape index (κ1) is 10.0. The third-order valence-electron chi connectivity index (χ3n) is 2.18. The van der Waals surface area contributed by atoms with Crippen molar-refractivity contribution in [2.75, 3.05) is 6.61 Å². The van der Waals surface area contributed by atoms with Crippen LogP contribution in [0.4, 0.5) is 0 Å². The molecule has 1 unspecified atom stereocenters. The molecular formula is C10H20O2. The van der Waals surface area contributed by atoms with E-state index < -0.39 is 0 Å². The molecule has 1 fully saturated rings. The minimum atomic E-state index is 0.325. The van der Waals surface area contributed by atoms with Gasteiger partial charge in [-0.2, -0.15) is 0 Å². The SMILES string of the molecule is CC(C)OC[C@H]1CCCC(C)O1. The van der Waals surface area contributed by atoms with Gasteiger partial charge in [0.25, 0.3) is 0 Å². The molecule has 0 aromatic heterocycles. The van der Waals surface area contributed by atoms with Gasteiger partial charge in [-0.15, -0.1) is 0 Å². The maximum absolute atomic E-state index is 5.71. The standard InChI is InChI=1S/C10H20O2/c1-8(2)11-7-10-6-4-5-9(3)12-10/h8-10H,4-7H2,1-3H3/t9?,10-/m1/s1. The van der Waals surface area contributed by atoms with Crippen LogP contribution in [0.2, 0.25) is 0 Å². The molecule has 0 bridgehead atoms. The van der Waals surface area contributed by atoms with Crippen LogP contribution in [0, 0.1) is 0 Å². The lowest BCUT2D eigenvalue weighted by atomic mass is 10.1. The molecule has 0 radical (unpaired) electrons. The number of rotatable bonds is 3. The van der Waals surface area contributed by atoms with Crippen LogP contribution in [0.3, 0.4) is 0 Å². The van der Waals surface area contributed by atoms with Crippen molar-refractivity contribution >= 4 is 0 Å². The lowest BCUT2D eigenvalue weighted by molar-refractivity contribution is -0.0886. The van der Waals surface area contributed by atoms with Gasteiger partial charge in [0.2, 0.25) is 0 Å². The largest absolute Gasteiger partial charge is 0.376 e. The molecule has 0 amide bonds. The van der Waals surface area contributed by atoms with Crippen LogP contribution in [0.1, 0.15) is 40.0 Å². The van der Waals surface area contributed by atoms with Gasteiger partial charge in [0, 0.05) is 0 Å². The highest BCUT2D eigenvalue weighted by Crippen LogP contribution is 2.18. The summed E-state index contributed by atoms with van der Waals surface area (Å²) in [4.78, 5) is 0. The van der Waals surface area contributed by atoms with Gasteiger partial charge in [0.1, 0.15) is 0 Å². The first-order chi connectivity index (χ1) is 5.68. The average Bonchev–Trinajstić information content (AvgIpc) is 2.01. The van der Waals surface area contributed by atoms with Crippen LogP contribution in [0.25, 0.3) is 0 Å². The van der Waals surface area contributed by atoms with Gasteiger partial charge < -0.3 is 9.47 Å². The molecule has 0 aromatic carbocycles. The maximum Gasteiger partial charge on any atom is 0.0812 e. The third kappa shape index (κ3) is 3.55. The molecule has 1 saturated heterocycles. The Kier molecular flexibility index (Phi) is 4.02. The third-order valence-corrected chi connectivity index (χ3v) is 2.18. The molecule has 0 saturated carbocycles. The molecule has 1 aliphatic heterocycles. The van der Waals surface area contributed by atoms with Crippen LogP contribution in [0.5, 0.6) is 0 Å². The summed E-state index contributed by atoms with van der Waals surface area (Å²) in [5.41, 5.74) is 0. The Labute approximate surface area is 75.2 Å². The summed E-state index contributed by atoms with van der Waals surface area (Å²) in [5, 5.41) is 0. The smallest absolute Gasteiger partial charge is 0.0812 e. The van der Waals surface area contributed by atoms with E-state index >= 15 is 0 Å². The number of hydrogen-bond acceptors (Lipinski definition) is 2. The molecule has 1 rings (SSSR count). The van der Waals surface area contributed by atoms with E-state index in [-0.39, 0.29) is 0 Å². The molecule has 2 heteroatoms. The zero-order valence-electron chi connectivity index (χ0n) is 8.38. The summed E-state index contributed by atoms with van der Waals surface area (Å²) >= 11 is 0. The molecule has 2 nitrogen and oxygen atoms in total. The van der Waals surface area contributed by atoms with E-state index in [9.17, 15) is 0 Å². The molecule has 0 aliphatic carbocycles. The fourth-order valence-corrected chi connectivity index (χ4v) is 1.52. The summed E-state index contributed by atoms with van der Waals surface area (Å²) in [5.74, 6) is 0. The van der Waals surface area contributed by atoms with Crippen molar-refractivity contribution in [3.63, 3.8) is 0 Å². The van der Waals surface area contributed by atoms with Crippen LogP contribution in [-0.2, 0) is 9.47 Å². The van der Waals surface area contributed by atoms with Crippen LogP contribution in [0.15, 0.2) is 0 Å². The van der Waals surface area contributed by atoms with Crippen molar-refractivity contribution in [2.45, 2.75) is 58.3 Å². The van der Waals surface area contributed by atoms with Gasteiger partial charge >= 0.3 is 0 Å². The van der Waals surface area contributed by atoms with Gasteiger partial charge in [0.15, 0.2) is 0 Å². The first-order valence-corrected chi connectivity index (χ1v) is 4.95. The Balaban J connectivity index is 2.14. The fourth-order valence-electron chi connectivity index (χ4n) is 1.52. The molecule has 72 valence electrons. The lowest BCUT2D eigenvalue weighted by Crippen LogP contribution is -2.30. The predicted octanol–water partition coefficient (Wildman–Crippen LogP) is 2.37. The molecule has 2 atom stereocenters. The second-order valence-corrected chi connectivity index (χ2v) is 3.88. The minimum absolute atomic E-state index is 0.325. The number of hydrogen-bond donors (Lipinski definition) is 0. The van der Waals surface area contributed by atoms with E-state index in [4.69, 9.17) is 9.47 Å². The van der Waals surface area contributed by atoms with E-state index in [1.54, 1.807) is 0 Å². The predicted molar refractivity (Wildman–Crippen MR) is 49.3 cm³/mol. The summed E-state index contributed by atoms with van der Waals surface area (Å²) in [6.07, 6.45) is 4.75. The molecular weight excluding hydrogens is 152 g/mol. The quantitative estimate of drug-likeness (QED) is 0.650. The second-order valence-electron chi connectivity index (χ2n) is 3.88. The van der Waals surface area contributed by atoms with Gasteiger partial charge in [-0.1, -0.05) is 0 Å². The van der Waals surface area contributed by atoms with E-state index in [0.29, 0.717) is 18.3 Å². The molecule has 1 heterocycles. The zero-order valence-corrected chi connectivity index (χ0v) is 8.38. The van der Waals surface area contributed by atoms with Gasteiger partial charge in [-0.25, -0.2) is 0 Å². The zero-order chi connectivity index (χ0) is 8.97. The average molecular weight is 172 g/mol. The van der Waals surface area contributed by atoms with Crippen molar-refractivity contribution in [1.29, 1.82) is 0 Å². The highest BCUT2D eigenvalue weighted by atomic mass is 16.5.